The molecule has 0 aliphatic rings. The molecule has 0 unspecified atom stereocenters. The Bertz CT molecular complexity index is 834. The third kappa shape index (κ3) is 9.25. The summed E-state index contributed by atoms with van der Waals surface area (Å²) < 4.78 is 5.57. The number of hydrogen-bond acceptors (Lipinski definition) is 3. The van der Waals surface area contributed by atoms with Gasteiger partial charge in [0.25, 0.3) is 0 Å². The molecule has 2 atom stereocenters. The molecule has 0 radical (unpaired) electrons. The molecule has 2 aromatic rings. The summed E-state index contributed by atoms with van der Waals surface area (Å²) in [6, 6.07) is 18.7. The molecule has 0 fully saturated rings. The lowest BCUT2D eigenvalue weighted by Gasteiger charge is -2.25. The molecule has 0 aliphatic heterocycles. The number of esters is 1. The first-order valence-electron chi connectivity index (χ1n) is 11.8. The number of aryl methyl sites for hydroxylation is 1. The van der Waals surface area contributed by atoms with Crippen LogP contribution in [0.15, 0.2) is 54.6 Å². The van der Waals surface area contributed by atoms with Gasteiger partial charge in [-0.2, -0.15) is 0 Å². The molecule has 174 valence electrons. The molecule has 0 amide bonds. The minimum Gasteiger partial charge on any atom is -0.481 e. The van der Waals surface area contributed by atoms with Crippen LogP contribution in [0.4, 0.5) is 0 Å². The van der Waals surface area contributed by atoms with E-state index in [9.17, 15) is 14.7 Å². The smallest absolute Gasteiger partial charge is 0.309 e. The van der Waals surface area contributed by atoms with Crippen molar-refractivity contribution in [2.75, 3.05) is 0 Å². The van der Waals surface area contributed by atoms with Gasteiger partial charge in [0, 0.05) is 0 Å². The molecule has 0 aliphatic carbocycles. The molecule has 0 saturated carbocycles. The quantitative estimate of drug-likeness (QED) is 0.387. The van der Waals surface area contributed by atoms with Gasteiger partial charge in [-0.05, 0) is 69.6 Å². The summed E-state index contributed by atoms with van der Waals surface area (Å²) in [5, 5.41) is 9.80. The third-order valence-electron chi connectivity index (χ3n) is 5.62. The van der Waals surface area contributed by atoms with Gasteiger partial charge in [-0.15, -0.1) is 0 Å². The first kappa shape index (κ1) is 25.6. The summed E-state index contributed by atoms with van der Waals surface area (Å²) in [7, 11) is 0. The predicted molar refractivity (Wildman–Crippen MR) is 129 cm³/mol. The lowest BCUT2D eigenvalue weighted by atomic mass is 9.87. The zero-order valence-electron chi connectivity index (χ0n) is 20.0. The van der Waals surface area contributed by atoms with Gasteiger partial charge in [0.2, 0.25) is 0 Å². The predicted octanol–water partition coefficient (Wildman–Crippen LogP) is 6.45. The Kier molecular flexibility index (Phi) is 9.96. The molecule has 1 N–H and O–H groups in total. The van der Waals surface area contributed by atoms with Gasteiger partial charge < -0.3 is 9.84 Å². The minimum absolute atomic E-state index is 0.275. The van der Waals surface area contributed by atoms with Gasteiger partial charge in [0.05, 0.1) is 11.8 Å². The number of aliphatic carboxylic acids is 1. The van der Waals surface area contributed by atoms with E-state index in [1.165, 1.54) is 11.1 Å². The molecular formula is C28H38O4. The molecule has 0 heterocycles. The number of carbonyl (C=O) groups is 2. The molecule has 4 nitrogen and oxygen atoms in total. The summed E-state index contributed by atoms with van der Waals surface area (Å²) in [5.41, 5.74) is 3.06. The highest BCUT2D eigenvalue weighted by molar-refractivity contribution is 5.75. The van der Waals surface area contributed by atoms with Crippen molar-refractivity contribution in [2.45, 2.75) is 78.2 Å². The number of carboxylic acid groups (broad SMARTS) is 1. The zero-order valence-corrected chi connectivity index (χ0v) is 20.0. The van der Waals surface area contributed by atoms with Crippen LogP contribution in [0.25, 0.3) is 0 Å². The van der Waals surface area contributed by atoms with E-state index < -0.39 is 17.5 Å². The van der Waals surface area contributed by atoms with Crippen LogP contribution in [-0.2, 0) is 27.2 Å². The first-order valence-corrected chi connectivity index (χ1v) is 11.8. The van der Waals surface area contributed by atoms with Crippen molar-refractivity contribution in [1.29, 1.82) is 0 Å². The van der Waals surface area contributed by atoms with E-state index in [2.05, 4.69) is 43.3 Å². The Hall–Kier alpha value is -2.62. The Morgan fingerprint density at radius 2 is 1.47 bits per heavy atom. The maximum atomic E-state index is 12.7. The zero-order chi connectivity index (χ0) is 23.6. The van der Waals surface area contributed by atoms with Crippen molar-refractivity contribution >= 4 is 11.9 Å². The van der Waals surface area contributed by atoms with E-state index in [0.29, 0.717) is 25.7 Å². The molecule has 4 heteroatoms. The normalized spacial score (nSPS) is 13.4. The second-order valence-electron chi connectivity index (χ2n) is 9.66. The number of ether oxygens (including phenoxy) is 1. The highest BCUT2D eigenvalue weighted by atomic mass is 16.6. The van der Waals surface area contributed by atoms with Crippen molar-refractivity contribution in [3.05, 3.63) is 71.3 Å². The number of rotatable bonds is 12. The Morgan fingerprint density at radius 1 is 0.875 bits per heavy atom. The van der Waals surface area contributed by atoms with E-state index in [-0.39, 0.29) is 11.9 Å². The van der Waals surface area contributed by atoms with Crippen LogP contribution in [0.5, 0.6) is 0 Å². The summed E-state index contributed by atoms with van der Waals surface area (Å²) >= 11 is 0. The highest BCUT2D eigenvalue weighted by Crippen LogP contribution is 2.26. The van der Waals surface area contributed by atoms with Crippen molar-refractivity contribution in [2.24, 2.45) is 11.8 Å². The Labute approximate surface area is 193 Å². The van der Waals surface area contributed by atoms with Crippen LogP contribution in [0, 0.1) is 11.8 Å². The van der Waals surface area contributed by atoms with Crippen LogP contribution in [-0.4, -0.2) is 22.6 Å². The maximum Gasteiger partial charge on any atom is 0.309 e. The summed E-state index contributed by atoms with van der Waals surface area (Å²) in [6.07, 6.45) is 4.93. The molecule has 0 aromatic heterocycles. The molecule has 0 bridgehead atoms. The minimum atomic E-state index is -0.837. The summed E-state index contributed by atoms with van der Waals surface area (Å²) in [6.45, 7) is 7.61. The Morgan fingerprint density at radius 3 is 2.03 bits per heavy atom. The topological polar surface area (TPSA) is 63.6 Å². The molecule has 0 spiro atoms. The number of carbonyl (C=O) groups excluding carboxylic acids is 1. The lowest BCUT2D eigenvalue weighted by molar-refractivity contribution is -0.161. The molecule has 32 heavy (non-hydrogen) atoms. The van der Waals surface area contributed by atoms with Crippen molar-refractivity contribution in [3.8, 4) is 0 Å². The van der Waals surface area contributed by atoms with Crippen molar-refractivity contribution in [3.63, 3.8) is 0 Å². The first-order chi connectivity index (χ1) is 15.2. The monoisotopic (exact) mass is 438 g/mol. The molecular weight excluding hydrogens is 400 g/mol. The lowest BCUT2D eigenvalue weighted by Crippen LogP contribution is -2.31. The van der Waals surface area contributed by atoms with Crippen molar-refractivity contribution < 1.29 is 19.4 Å². The fraction of sp³-hybridized carbons (Fsp3) is 0.500. The van der Waals surface area contributed by atoms with Gasteiger partial charge in [0.15, 0.2) is 0 Å². The van der Waals surface area contributed by atoms with E-state index in [1.54, 1.807) is 0 Å². The van der Waals surface area contributed by atoms with E-state index in [1.807, 2.05) is 39.0 Å². The molecule has 2 rings (SSSR count). The maximum absolute atomic E-state index is 12.7. The number of hydrogen-bond donors (Lipinski definition) is 1. The average Bonchev–Trinajstić information content (AvgIpc) is 2.73. The fourth-order valence-corrected chi connectivity index (χ4v) is 3.85. The van der Waals surface area contributed by atoms with Gasteiger partial charge in [-0.25, -0.2) is 0 Å². The van der Waals surface area contributed by atoms with Crippen LogP contribution in [0.1, 0.15) is 76.5 Å². The van der Waals surface area contributed by atoms with Crippen molar-refractivity contribution in [1.82, 2.24) is 0 Å². The van der Waals surface area contributed by atoms with E-state index in [4.69, 9.17) is 4.74 Å². The number of carboxylic acids is 1. The summed E-state index contributed by atoms with van der Waals surface area (Å²) in [4.78, 5) is 24.6. The fourth-order valence-electron chi connectivity index (χ4n) is 3.85. The van der Waals surface area contributed by atoms with Crippen LogP contribution >= 0.6 is 0 Å². The summed E-state index contributed by atoms with van der Waals surface area (Å²) in [5.74, 6) is -2.05. The van der Waals surface area contributed by atoms with E-state index in [0.717, 1.165) is 24.8 Å². The van der Waals surface area contributed by atoms with Gasteiger partial charge >= 0.3 is 11.9 Å². The standard InChI is InChI=1S/C28H38O4/c1-5-6-12-25(27(31)32-28(2,3)4)20-24(26(29)30)18-17-21-13-15-23(16-14-21)19-22-10-8-7-9-11-22/h7-11,13-16,24-25H,5-6,12,17-20H2,1-4H3,(H,29,30)/t24-,25+/m1/s1. The highest BCUT2D eigenvalue weighted by Gasteiger charge is 2.30. The molecule has 2 aromatic carbocycles. The number of benzene rings is 2. The number of unbranched alkanes of at least 4 members (excludes halogenated alkanes) is 1. The van der Waals surface area contributed by atoms with Crippen LogP contribution in [0.2, 0.25) is 0 Å². The Balaban J connectivity index is 1.97. The van der Waals surface area contributed by atoms with Gasteiger partial charge in [-0.3, -0.25) is 9.59 Å². The van der Waals surface area contributed by atoms with E-state index >= 15 is 0 Å². The van der Waals surface area contributed by atoms with Crippen LogP contribution < -0.4 is 0 Å². The third-order valence-corrected chi connectivity index (χ3v) is 5.62. The second-order valence-corrected chi connectivity index (χ2v) is 9.66. The largest absolute Gasteiger partial charge is 0.481 e. The van der Waals surface area contributed by atoms with Gasteiger partial charge in [-0.1, -0.05) is 74.4 Å². The van der Waals surface area contributed by atoms with Gasteiger partial charge in [0.1, 0.15) is 5.60 Å². The average molecular weight is 439 g/mol. The molecule has 0 saturated heterocycles. The second kappa shape index (κ2) is 12.4. The van der Waals surface area contributed by atoms with Crippen LogP contribution in [0.3, 0.4) is 0 Å². The SMILES string of the molecule is CCCC[C@@H](C[C@@H](CCc1ccc(Cc2ccccc2)cc1)C(=O)O)C(=O)OC(C)(C)C.